The molecule has 1 saturated heterocycles. The van der Waals surface area contributed by atoms with Crippen LogP contribution in [0.4, 0.5) is 10.1 Å². The monoisotopic (exact) mass is 179 g/mol. The maximum Gasteiger partial charge on any atom is 0.125 e. The first-order chi connectivity index (χ1) is 6.27. The molecule has 0 amide bonds. The normalized spacial score (nSPS) is 16.6. The molecular formula is C11H14FN. The van der Waals surface area contributed by atoms with Gasteiger partial charge in [-0.25, -0.2) is 4.39 Å². The lowest BCUT2D eigenvalue weighted by Crippen LogP contribution is -2.18. The molecule has 2 rings (SSSR count). The number of nitrogens with zero attached hydrogens (tertiary/aromatic N) is 1. The summed E-state index contributed by atoms with van der Waals surface area (Å²) in [4.78, 5) is 2.26. The highest BCUT2D eigenvalue weighted by Crippen LogP contribution is 2.24. The van der Waals surface area contributed by atoms with E-state index in [9.17, 15) is 4.39 Å². The van der Waals surface area contributed by atoms with Crippen molar-refractivity contribution in [1.29, 1.82) is 0 Å². The van der Waals surface area contributed by atoms with Crippen molar-refractivity contribution in [3.8, 4) is 0 Å². The van der Waals surface area contributed by atoms with Crippen LogP contribution in [0.5, 0.6) is 0 Å². The zero-order valence-corrected chi connectivity index (χ0v) is 7.89. The van der Waals surface area contributed by atoms with Gasteiger partial charge in [-0.15, -0.1) is 0 Å². The summed E-state index contributed by atoms with van der Waals surface area (Å²) in [6.45, 7) is 4.18. The molecule has 0 bridgehead atoms. The van der Waals surface area contributed by atoms with E-state index in [4.69, 9.17) is 0 Å². The van der Waals surface area contributed by atoms with E-state index < -0.39 is 0 Å². The fraction of sp³-hybridized carbons (Fsp3) is 0.455. The second-order valence-electron chi connectivity index (χ2n) is 3.62. The molecule has 0 N–H and O–H groups in total. The lowest BCUT2D eigenvalue weighted by atomic mass is 10.2. The zero-order chi connectivity index (χ0) is 9.26. The Morgan fingerprint density at radius 1 is 1.23 bits per heavy atom. The van der Waals surface area contributed by atoms with Crippen LogP contribution in [-0.4, -0.2) is 13.1 Å². The Balaban J connectivity index is 2.32. The fourth-order valence-corrected chi connectivity index (χ4v) is 1.88. The van der Waals surface area contributed by atoms with Gasteiger partial charge < -0.3 is 4.90 Å². The lowest BCUT2D eigenvalue weighted by Gasteiger charge is -2.19. The molecule has 1 aliphatic heterocycles. The highest BCUT2D eigenvalue weighted by Gasteiger charge is 2.14. The summed E-state index contributed by atoms with van der Waals surface area (Å²) in [5.74, 6) is -0.132. The van der Waals surface area contributed by atoms with E-state index in [1.54, 1.807) is 6.07 Å². The summed E-state index contributed by atoms with van der Waals surface area (Å²) in [5, 5.41) is 0. The summed E-state index contributed by atoms with van der Waals surface area (Å²) < 4.78 is 13.0. The van der Waals surface area contributed by atoms with Crippen molar-refractivity contribution in [3.63, 3.8) is 0 Å². The van der Waals surface area contributed by atoms with Crippen LogP contribution in [-0.2, 0) is 0 Å². The largest absolute Gasteiger partial charge is 0.371 e. The number of benzene rings is 1. The molecule has 0 atom stereocenters. The van der Waals surface area contributed by atoms with Gasteiger partial charge in [-0.1, -0.05) is 6.07 Å². The van der Waals surface area contributed by atoms with E-state index in [0.717, 1.165) is 18.8 Å². The van der Waals surface area contributed by atoms with E-state index in [0.29, 0.717) is 0 Å². The number of rotatable bonds is 1. The number of anilines is 1. The van der Waals surface area contributed by atoms with Crippen LogP contribution in [0.3, 0.4) is 0 Å². The molecule has 1 nitrogen and oxygen atoms in total. The summed E-state index contributed by atoms with van der Waals surface area (Å²) in [6.07, 6.45) is 2.46. The van der Waals surface area contributed by atoms with Crippen LogP contribution < -0.4 is 4.90 Å². The first-order valence-electron chi connectivity index (χ1n) is 4.78. The van der Waals surface area contributed by atoms with Crippen LogP contribution in [0.15, 0.2) is 18.2 Å². The van der Waals surface area contributed by atoms with Crippen molar-refractivity contribution in [2.45, 2.75) is 19.8 Å². The van der Waals surface area contributed by atoms with Gasteiger partial charge in [0.15, 0.2) is 0 Å². The summed E-state index contributed by atoms with van der Waals surface area (Å²) >= 11 is 0. The molecule has 0 aromatic heterocycles. The van der Waals surface area contributed by atoms with E-state index >= 15 is 0 Å². The van der Waals surface area contributed by atoms with Crippen LogP contribution in [0, 0.1) is 12.7 Å². The molecule has 0 saturated carbocycles. The van der Waals surface area contributed by atoms with Gasteiger partial charge in [0, 0.05) is 18.8 Å². The highest BCUT2D eigenvalue weighted by atomic mass is 19.1. The van der Waals surface area contributed by atoms with Crippen LogP contribution >= 0.6 is 0 Å². The molecular weight excluding hydrogens is 165 g/mol. The Hall–Kier alpha value is -1.05. The minimum atomic E-state index is -0.132. The van der Waals surface area contributed by atoms with Crippen molar-refractivity contribution in [3.05, 3.63) is 29.6 Å². The smallest absolute Gasteiger partial charge is 0.125 e. The van der Waals surface area contributed by atoms with Gasteiger partial charge in [0.25, 0.3) is 0 Å². The molecule has 1 heterocycles. The topological polar surface area (TPSA) is 3.24 Å². The Morgan fingerprint density at radius 3 is 2.62 bits per heavy atom. The molecule has 1 aromatic rings. The van der Waals surface area contributed by atoms with Gasteiger partial charge in [0.2, 0.25) is 0 Å². The molecule has 0 aliphatic carbocycles. The van der Waals surface area contributed by atoms with Gasteiger partial charge in [0.05, 0.1) is 0 Å². The van der Waals surface area contributed by atoms with Gasteiger partial charge in [-0.3, -0.25) is 0 Å². The first-order valence-corrected chi connectivity index (χ1v) is 4.78. The molecule has 0 spiro atoms. The minimum absolute atomic E-state index is 0.132. The second kappa shape index (κ2) is 3.36. The van der Waals surface area contributed by atoms with Crippen molar-refractivity contribution >= 4 is 5.69 Å². The van der Waals surface area contributed by atoms with Gasteiger partial charge >= 0.3 is 0 Å². The Morgan fingerprint density at radius 2 is 1.92 bits per heavy atom. The predicted octanol–water partition coefficient (Wildman–Crippen LogP) is 2.73. The van der Waals surface area contributed by atoms with E-state index in [1.807, 2.05) is 13.0 Å². The Kier molecular flexibility index (Phi) is 2.21. The predicted molar refractivity (Wildman–Crippen MR) is 52.6 cm³/mol. The number of hydrogen-bond donors (Lipinski definition) is 0. The van der Waals surface area contributed by atoms with Crippen molar-refractivity contribution in [1.82, 2.24) is 0 Å². The van der Waals surface area contributed by atoms with Crippen LogP contribution in [0.2, 0.25) is 0 Å². The third-order valence-corrected chi connectivity index (χ3v) is 2.62. The third kappa shape index (κ3) is 1.67. The van der Waals surface area contributed by atoms with Crippen molar-refractivity contribution in [2.75, 3.05) is 18.0 Å². The average molecular weight is 179 g/mol. The lowest BCUT2D eigenvalue weighted by molar-refractivity contribution is 0.626. The molecule has 0 unspecified atom stereocenters. The molecule has 13 heavy (non-hydrogen) atoms. The molecule has 0 radical (unpaired) electrons. The molecule has 2 heteroatoms. The minimum Gasteiger partial charge on any atom is -0.371 e. The van der Waals surface area contributed by atoms with Crippen molar-refractivity contribution < 1.29 is 4.39 Å². The highest BCUT2D eigenvalue weighted by molar-refractivity contribution is 5.53. The van der Waals surface area contributed by atoms with Crippen LogP contribution in [0.1, 0.15) is 18.4 Å². The second-order valence-corrected chi connectivity index (χ2v) is 3.62. The number of hydrogen-bond acceptors (Lipinski definition) is 1. The summed E-state index contributed by atoms with van der Waals surface area (Å²) in [5.41, 5.74) is 2.24. The summed E-state index contributed by atoms with van der Waals surface area (Å²) in [6, 6.07) is 5.01. The first kappa shape index (κ1) is 8.54. The quantitative estimate of drug-likeness (QED) is 0.640. The number of aryl methyl sites for hydroxylation is 1. The Bertz CT molecular complexity index is 303. The molecule has 1 fully saturated rings. The molecule has 1 aromatic carbocycles. The van der Waals surface area contributed by atoms with E-state index in [-0.39, 0.29) is 5.82 Å². The maximum atomic E-state index is 13.0. The van der Waals surface area contributed by atoms with Gasteiger partial charge in [-0.05, 0) is 37.5 Å². The maximum absolute atomic E-state index is 13.0. The number of halogens is 1. The van der Waals surface area contributed by atoms with E-state index in [1.165, 1.54) is 24.5 Å². The Labute approximate surface area is 78.2 Å². The standard InChI is InChI=1S/C11H14FN/c1-9-4-5-10(12)8-11(9)13-6-2-3-7-13/h4-5,8H,2-3,6-7H2,1H3. The average Bonchev–Trinajstić information content (AvgIpc) is 2.61. The molecule has 1 aliphatic rings. The van der Waals surface area contributed by atoms with E-state index in [2.05, 4.69) is 4.90 Å². The SMILES string of the molecule is Cc1ccc(F)cc1N1CCCC1. The van der Waals surface area contributed by atoms with Gasteiger partial charge in [-0.2, -0.15) is 0 Å². The third-order valence-electron chi connectivity index (χ3n) is 2.62. The fourth-order valence-electron chi connectivity index (χ4n) is 1.88. The van der Waals surface area contributed by atoms with Crippen molar-refractivity contribution in [2.24, 2.45) is 0 Å². The van der Waals surface area contributed by atoms with Crippen LogP contribution in [0.25, 0.3) is 0 Å². The molecule has 70 valence electrons. The zero-order valence-electron chi connectivity index (χ0n) is 7.89. The van der Waals surface area contributed by atoms with Gasteiger partial charge in [0.1, 0.15) is 5.82 Å². The summed E-state index contributed by atoms with van der Waals surface area (Å²) in [7, 11) is 0.